The van der Waals surface area contributed by atoms with Gasteiger partial charge < -0.3 is 9.47 Å². The number of aryl methyl sites for hydroxylation is 1. The molecule has 0 saturated carbocycles. The van der Waals surface area contributed by atoms with Crippen LogP contribution in [0.5, 0.6) is 5.75 Å². The van der Waals surface area contributed by atoms with Crippen LogP contribution in [0.3, 0.4) is 0 Å². The maximum atomic E-state index is 14.1. The number of hydrogen-bond acceptors (Lipinski definition) is 6. The normalized spacial score (nSPS) is 15.0. The Morgan fingerprint density at radius 1 is 1.10 bits per heavy atom. The lowest BCUT2D eigenvalue weighted by atomic mass is 9.95. The van der Waals surface area contributed by atoms with Crippen LogP contribution in [0.1, 0.15) is 42.1 Å². The fourth-order valence-corrected chi connectivity index (χ4v) is 7.92. The van der Waals surface area contributed by atoms with Gasteiger partial charge in [0.05, 0.1) is 32.0 Å². The van der Waals surface area contributed by atoms with Crippen molar-refractivity contribution in [1.29, 1.82) is 0 Å². The zero-order chi connectivity index (χ0) is 29.3. The summed E-state index contributed by atoms with van der Waals surface area (Å²) in [4.78, 5) is 32.4. The molecular formula is C31H25BrI2N2O4S. The number of hydrogen-bond donors (Lipinski definition) is 0. The summed E-state index contributed by atoms with van der Waals surface area (Å²) in [5, 5.41) is 0. The average Bonchev–Trinajstić information content (AvgIpc) is 3.23. The highest BCUT2D eigenvalue weighted by molar-refractivity contribution is 14.1. The maximum Gasteiger partial charge on any atom is 0.338 e. The van der Waals surface area contributed by atoms with Crippen LogP contribution in [0, 0.1) is 14.1 Å². The smallest absolute Gasteiger partial charge is 0.338 e. The van der Waals surface area contributed by atoms with Crippen molar-refractivity contribution >= 4 is 84.5 Å². The summed E-state index contributed by atoms with van der Waals surface area (Å²) in [6.07, 6.45) is 1.86. The number of fused-ring (bicyclic) bond motifs is 1. The first-order valence-corrected chi connectivity index (χ1v) is 16.6. The van der Waals surface area contributed by atoms with Crippen LogP contribution in [0.15, 0.2) is 86.2 Å². The van der Waals surface area contributed by atoms with E-state index in [2.05, 4.69) is 66.1 Å². The summed E-state index contributed by atoms with van der Waals surface area (Å²) in [7, 11) is 0. The molecule has 3 aromatic carbocycles. The fraction of sp³-hybridized carbons (Fsp3) is 0.194. The molecule has 5 rings (SSSR count). The number of rotatable bonds is 7. The molecule has 1 aliphatic heterocycles. The highest BCUT2D eigenvalue weighted by Gasteiger charge is 2.33. The molecule has 0 amide bonds. The van der Waals surface area contributed by atoms with Crippen molar-refractivity contribution in [2.45, 2.75) is 33.4 Å². The van der Waals surface area contributed by atoms with Crippen molar-refractivity contribution in [3.8, 4) is 5.75 Å². The van der Waals surface area contributed by atoms with Crippen LogP contribution in [0.25, 0.3) is 6.08 Å². The van der Waals surface area contributed by atoms with E-state index in [9.17, 15) is 9.59 Å². The van der Waals surface area contributed by atoms with E-state index < -0.39 is 12.0 Å². The van der Waals surface area contributed by atoms with Gasteiger partial charge in [0.1, 0.15) is 12.4 Å². The zero-order valence-corrected chi connectivity index (χ0v) is 29.1. The topological polar surface area (TPSA) is 69.9 Å². The Hall–Kier alpha value is -2.29. The summed E-state index contributed by atoms with van der Waals surface area (Å²) >= 11 is 9.31. The number of allylic oxidation sites excluding steroid dienone is 1. The monoisotopic (exact) mass is 854 g/mol. The Balaban J connectivity index is 1.64. The third-order valence-electron chi connectivity index (χ3n) is 6.53. The van der Waals surface area contributed by atoms with Gasteiger partial charge in [-0.25, -0.2) is 9.79 Å². The van der Waals surface area contributed by atoms with Crippen LogP contribution in [-0.2, 0) is 16.1 Å². The van der Waals surface area contributed by atoms with Gasteiger partial charge in [0, 0.05) is 13.6 Å². The largest absolute Gasteiger partial charge is 0.487 e. The predicted octanol–water partition coefficient (Wildman–Crippen LogP) is 6.66. The van der Waals surface area contributed by atoms with Crippen molar-refractivity contribution in [1.82, 2.24) is 4.57 Å². The summed E-state index contributed by atoms with van der Waals surface area (Å²) < 4.78 is 16.8. The fourth-order valence-electron chi connectivity index (χ4n) is 4.57. The number of thiazole rings is 1. The summed E-state index contributed by atoms with van der Waals surface area (Å²) in [5.41, 5.74) is 4.44. The number of halogens is 3. The van der Waals surface area contributed by atoms with E-state index in [0.717, 1.165) is 33.9 Å². The second kappa shape index (κ2) is 12.9. The highest BCUT2D eigenvalue weighted by Crippen LogP contribution is 2.32. The van der Waals surface area contributed by atoms with Gasteiger partial charge in [-0.2, -0.15) is 0 Å². The van der Waals surface area contributed by atoms with Gasteiger partial charge in [-0.3, -0.25) is 9.36 Å². The zero-order valence-electron chi connectivity index (χ0n) is 22.4. The minimum absolute atomic E-state index is 0.221. The van der Waals surface area contributed by atoms with Gasteiger partial charge in [0.25, 0.3) is 5.56 Å². The first-order valence-electron chi connectivity index (χ1n) is 12.8. The molecule has 0 radical (unpaired) electrons. The lowest BCUT2D eigenvalue weighted by Crippen LogP contribution is -2.39. The van der Waals surface area contributed by atoms with Crippen molar-refractivity contribution in [3.63, 3.8) is 0 Å². The molecular weight excluding hydrogens is 830 g/mol. The molecule has 41 heavy (non-hydrogen) atoms. The maximum absolute atomic E-state index is 14.1. The quantitative estimate of drug-likeness (QED) is 0.154. The first kappa shape index (κ1) is 30.2. The number of benzene rings is 3. The molecule has 10 heteroatoms. The van der Waals surface area contributed by atoms with E-state index in [4.69, 9.17) is 9.47 Å². The standard InChI is InChI=1S/C31H25BrI2N2O4S/c1-4-39-30(38)26-18(3)35-31-36(27(26)20-9-5-17(2)6-10-20)29(37)25(41-31)14-21-13-23(33)15-24(34)28(21)40-16-19-7-11-22(32)12-8-19/h5-15,27H,4,16H2,1-3H3/b25-14-/t27-/m1/s1. The van der Waals surface area contributed by atoms with E-state index in [1.165, 1.54) is 11.3 Å². The molecule has 0 aliphatic carbocycles. The molecule has 1 aliphatic rings. The van der Waals surface area contributed by atoms with Crippen molar-refractivity contribution in [2.24, 2.45) is 4.99 Å². The van der Waals surface area contributed by atoms with Crippen LogP contribution < -0.4 is 19.6 Å². The molecule has 6 nitrogen and oxygen atoms in total. The molecule has 0 bridgehead atoms. The van der Waals surface area contributed by atoms with Gasteiger partial charge >= 0.3 is 5.97 Å². The SMILES string of the molecule is CCOC(=O)C1=C(C)N=c2s/c(=C\c3cc(I)cc(I)c3OCc3ccc(Br)cc3)c(=O)n2[C@@H]1c1ccc(C)cc1. The molecule has 210 valence electrons. The van der Waals surface area contributed by atoms with Crippen molar-refractivity contribution in [2.75, 3.05) is 6.61 Å². The Morgan fingerprint density at radius 3 is 2.49 bits per heavy atom. The van der Waals surface area contributed by atoms with Crippen molar-refractivity contribution < 1.29 is 14.3 Å². The van der Waals surface area contributed by atoms with Crippen LogP contribution in [0.4, 0.5) is 0 Å². The van der Waals surface area contributed by atoms with Crippen LogP contribution in [0.2, 0.25) is 0 Å². The van der Waals surface area contributed by atoms with E-state index >= 15 is 0 Å². The second-order valence-corrected chi connectivity index (χ2v) is 13.8. The lowest BCUT2D eigenvalue weighted by Gasteiger charge is -2.24. The Labute approximate surface area is 277 Å². The van der Waals surface area contributed by atoms with Crippen molar-refractivity contribution in [3.05, 3.63) is 125 Å². The molecule has 0 saturated heterocycles. The molecule has 0 fully saturated rings. The minimum atomic E-state index is -0.641. The highest BCUT2D eigenvalue weighted by atomic mass is 127. The minimum Gasteiger partial charge on any atom is -0.487 e. The number of nitrogens with zero attached hydrogens (tertiary/aromatic N) is 2. The number of esters is 1. The van der Waals surface area contributed by atoms with Gasteiger partial charge in [0.15, 0.2) is 4.80 Å². The first-order chi connectivity index (χ1) is 19.7. The third-order valence-corrected chi connectivity index (χ3v) is 9.47. The Bertz CT molecular complexity index is 1850. The molecule has 0 N–H and O–H groups in total. The molecule has 0 unspecified atom stereocenters. The van der Waals surface area contributed by atoms with E-state index in [1.54, 1.807) is 18.4 Å². The Kier molecular flexibility index (Phi) is 9.51. The average molecular weight is 855 g/mol. The number of ether oxygens (including phenoxy) is 2. The molecule has 1 aromatic heterocycles. The van der Waals surface area contributed by atoms with Gasteiger partial charge in [-0.05, 0) is 107 Å². The second-order valence-electron chi connectivity index (χ2n) is 9.43. The van der Waals surface area contributed by atoms with Gasteiger partial charge in [-0.15, -0.1) is 0 Å². The summed E-state index contributed by atoms with van der Waals surface area (Å²) in [6.45, 7) is 6.18. The lowest BCUT2D eigenvalue weighted by molar-refractivity contribution is -0.139. The number of carbonyl (C=O) groups excluding carboxylic acids is 1. The number of aromatic nitrogens is 1. The van der Waals surface area contributed by atoms with E-state index in [1.807, 2.05) is 73.7 Å². The Morgan fingerprint density at radius 2 is 1.80 bits per heavy atom. The van der Waals surface area contributed by atoms with Gasteiger partial charge in [0.2, 0.25) is 0 Å². The summed E-state index contributed by atoms with van der Waals surface area (Å²) in [5.74, 6) is 0.239. The van der Waals surface area contributed by atoms with E-state index in [0.29, 0.717) is 33.0 Å². The number of carbonyl (C=O) groups is 1. The predicted molar refractivity (Wildman–Crippen MR) is 182 cm³/mol. The molecule has 1 atom stereocenters. The molecule has 4 aromatic rings. The third kappa shape index (κ3) is 6.55. The van der Waals surface area contributed by atoms with Crippen LogP contribution >= 0.6 is 72.4 Å². The molecule has 0 spiro atoms. The molecule has 2 heterocycles. The van der Waals surface area contributed by atoms with Crippen LogP contribution in [-0.4, -0.2) is 17.1 Å². The van der Waals surface area contributed by atoms with Gasteiger partial charge in [-0.1, -0.05) is 69.2 Å². The summed E-state index contributed by atoms with van der Waals surface area (Å²) in [6, 6.07) is 19.2. The van der Waals surface area contributed by atoms with E-state index in [-0.39, 0.29) is 12.2 Å².